The number of likely N-dealkylation sites (tertiary alicyclic amines) is 1. The Bertz CT molecular complexity index is 1020. The van der Waals surface area contributed by atoms with E-state index >= 15 is 0 Å². The van der Waals surface area contributed by atoms with Gasteiger partial charge in [-0.25, -0.2) is 9.59 Å². The standard InChI is InChI=1S/C22H22N2O6/c23-14-8-9-15-13(12-14)4-3-11-29-19-16(5-1-7-18(19)30-22(15)28)20(25)24-10-2-6-17(24)21(26)27/h1,5,7-9,12,17H,2-4,6,10-11,23H2,(H,26,27)/t17-/m0/s1. The lowest BCUT2D eigenvalue weighted by molar-refractivity contribution is -0.141. The van der Waals surface area contributed by atoms with Gasteiger partial charge < -0.3 is 25.2 Å². The van der Waals surface area contributed by atoms with Gasteiger partial charge in [0.15, 0.2) is 11.5 Å². The number of nitrogens with two attached hydrogens (primary N) is 1. The number of carboxylic acid groups (broad SMARTS) is 1. The predicted octanol–water partition coefficient (Wildman–Crippen LogP) is 2.50. The highest BCUT2D eigenvalue weighted by atomic mass is 16.6. The molecule has 2 aromatic carbocycles. The number of carboxylic acids is 1. The van der Waals surface area contributed by atoms with Crippen LogP contribution >= 0.6 is 0 Å². The second kappa shape index (κ2) is 8.06. The zero-order valence-electron chi connectivity index (χ0n) is 16.3. The molecule has 0 saturated carbocycles. The number of ether oxygens (including phenoxy) is 2. The number of para-hydroxylation sites is 1. The number of aliphatic carboxylic acids is 1. The van der Waals surface area contributed by atoms with Crippen LogP contribution in [-0.2, 0) is 11.2 Å². The average molecular weight is 410 g/mol. The summed E-state index contributed by atoms with van der Waals surface area (Å²) in [5.74, 6) is -1.76. The molecule has 0 spiro atoms. The van der Waals surface area contributed by atoms with E-state index in [9.17, 15) is 19.5 Å². The van der Waals surface area contributed by atoms with Crippen LogP contribution in [0.25, 0.3) is 0 Å². The second-order valence-corrected chi connectivity index (χ2v) is 7.39. The Kier molecular flexibility index (Phi) is 5.31. The van der Waals surface area contributed by atoms with E-state index in [1.807, 2.05) is 0 Å². The molecule has 2 aliphatic heterocycles. The lowest BCUT2D eigenvalue weighted by Gasteiger charge is -2.24. The maximum atomic E-state index is 13.1. The minimum absolute atomic E-state index is 0.126. The van der Waals surface area contributed by atoms with Gasteiger partial charge >= 0.3 is 11.9 Å². The molecule has 0 radical (unpaired) electrons. The van der Waals surface area contributed by atoms with Crippen LogP contribution < -0.4 is 15.2 Å². The van der Waals surface area contributed by atoms with Gasteiger partial charge in [-0.2, -0.15) is 0 Å². The molecule has 8 nitrogen and oxygen atoms in total. The fraction of sp³-hybridized carbons (Fsp3) is 0.318. The quantitative estimate of drug-likeness (QED) is 0.443. The summed E-state index contributed by atoms with van der Waals surface area (Å²) in [6, 6.07) is 8.86. The highest BCUT2D eigenvalue weighted by molar-refractivity contribution is 6.01. The molecule has 1 fully saturated rings. The zero-order valence-corrected chi connectivity index (χ0v) is 16.3. The van der Waals surface area contributed by atoms with Crippen molar-refractivity contribution in [1.29, 1.82) is 0 Å². The molecule has 0 aliphatic carbocycles. The zero-order chi connectivity index (χ0) is 21.3. The molecular weight excluding hydrogens is 388 g/mol. The van der Waals surface area contributed by atoms with Crippen LogP contribution in [0.3, 0.4) is 0 Å². The predicted molar refractivity (Wildman–Crippen MR) is 108 cm³/mol. The third-order valence-corrected chi connectivity index (χ3v) is 5.40. The van der Waals surface area contributed by atoms with E-state index in [4.69, 9.17) is 15.2 Å². The van der Waals surface area contributed by atoms with Crippen LogP contribution in [0.5, 0.6) is 11.5 Å². The molecule has 30 heavy (non-hydrogen) atoms. The number of hydrogen-bond acceptors (Lipinski definition) is 6. The molecule has 0 bridgehead atoms. The monoisotopic (exact) mass is 410 g/mol. The number of nitrogens with zero attached hydrogens (tertiary/aromatic N) is 1. The smallest absolute Gasteiger partial charge is 0.343 e. The summed E-state index contributed by atoms with van der Waals surface area (Å²) < 4.78 is 11.4. The van der Waals surface area contributed by atoms with E-state index in [0.717, 1.165) is 5.56 Å². The molecular formula is C22H22N2O6. The van der Waals surface area contributed by atoms with Crippen molar-refractivity contribution in [2.24, 2.45) is 0 Å². The van der Waals surface area contributed by atoms with E-state index < -0.39 is 23.9 Å². The van der Waals surface area contributed by atoms with Gasteiger partial charge in [0.05, 0.1) is 17.7 Å². The van der Waals surface area contributed by atoms with E-state index in [1.54, 1.807) is 36.4 Å². The number of amides is 1. The Balaban J connectivity index is 1.70. The first-order valence-electron chi connectivity index (χ1n) is 9.86. The van der Waals surface area contributed by atoms with Gasteiger partial charge in [0.1, 0.15) is 6.04 Å². The molecule has 8 heteroatoms. The molecule has 3 N–H and O–H groups in total. The highest BCUT2D eigenvalue weighted by Gasteiger charge is 2.36. The first kappa shape index (κ1) is 19.8. The summed E-state index contributed by atoms with van der Waals surface area (Å²) in [5.41, 5.74) is 7.78. The van der Waals surface area contributed by atoms with Crippen molar-refractivity contribution in [2.75, 3.05) is 18.9 Å². The normalized spacial score (nSPS) is 18.6. The fourth-order valence-corrected chi connectivity index (χ4v) is 3.95. The van der Waals surface area contributed by atoms with Crippen molar-refractivity contribution in [3.63, 3.8) is 0 Å². The maximum Gasteiger partial charge on any atom is 0.343 e. The van der Waals surface area contributed by atoms with Gasteiger partial charge in [-0.1, -0.05) is 6.07 Å². The minimum Gasteiger partial charge on any atom is -0.489 e. The van der Waals surface area contributed by atoms with Gasteiger partial charge in [-0.05, 0) is 61.6 Å². The molecule has 0 unspecified atom stereocenters. The van der Waals surface area contributed by atoms with Crippen molar-refractivity contribution in [1.82, 2.24) is 4.90 Å². The molecule has 156 valence electrons. The summed E-state index contributed by atoms with van der Waals surface area (Å²) in [4.78, 5) is 38.8. The first-order chi connectivity index (χ1) is 14.5. The Morgan fingerprint density at radius 1 is 1.17 bits per heavy atom. The van der Waals surface area contributed by atoms with Crippen molar-refractivity contribution in [3.05, 3.63) is 53.1 Å². The van der Waals surface area contributed by atoms with Gasteiger partial charge in [-0.15, -0.1) is 0 Å². The molecule has 2 aliphatic rings. The Hall–Kier alpha value is -3.55. The highest BCUT2D eigenvalue weighted by Crippen LogP contribution is 2.35. The summed E-state index contributed by atoms with van der Waals surface area (Å²) in [6.07, 6.45) is 2.20. The number of nitrogen functional groups attached to an aromatic ring is 1. The molecule has 2 heterocycles. The number of hydrogen-bond donors (Lipinski definition) is 2. The fourth-order valence-electron chi connectivity index (χ4n) is 3.95. The van der Waals surface area contributed by atoms with Crippen LogP contribution in [0.1, 0.15) is 45.5 Å². The Morgan fingerprint density at radius 3 is 2.80 bits per heavy atom. The van der Waals surface area contributed by atoms with E-state index in [0.29, 0.717) is 50.1 Å². The van der Waals surface area contributed by atoms with Gasteiger partial charge in [0, 0.05) is 12.2 Å². The van der Waals surface area contributed by atoms with E-state index in [-0.39, 0.29) is 17.1 Å². The number of benzene rings is 2. The van der Waals surface area contributed by atoms with Crippen molar-refractivity contribution in [2.45, 2.75) is 31.7 Å². The second-order valence-electron chi connectivity index (χ2n) is 7.39. The lowest BCUT2D eigenvalue weighted by Crippen LogP contribution is -2.40. The Labute approximate surface area is 173 Å². The third kappa shape index (κ3) is 3.68. The molecule has 1 atom stereocenters. The van der Waals surface area contributed by atoms with Crippen molar-refractivity contribution >= 4 is 23.5 Å². The topological polar surface area (TPSA) is 119 Å². The van der Waals surface area contributed by atoms with Crippen LogP contribution in [0.15, 0.2) is 36.4 Å². The number of esters is 1. The summed E-state index contributed by atoms with van der Waals surface area (Å²) in [5, 5.41) is 9.41. The molecule has 1 amide bonds. The number of rotatable bonds is 2. The van der Waals surface area contributed by atoms with Crippen LogP contribution in [0.4, 0.5) is 5.69 Å². The Morgan fingerprint density at radius 2 is 2.00 bits per heavy atom. The molecule has 1 saturated heterocycles. The van der Waals surface area contributed by atoms with Crippen molar-refractivity contribution in [3.8, 4) is 11.5 Å². The largest absolute Gasteiger partial charge is 0.489 e. The van der Waals surface area contributed by atoms with E-state index in [1.165, 1.54) is 4.90 Å². The molecule has 0 aromatic heterocycles. The molecule has 2 aromatic rings. The lowest BCUT2D eigenvalue weighted by atomic mass is 10.0. The van der Waals surface area contributed by atoms with Crippen LogP contribution in [-0.4, -0.2) is 47.0 Å². The third-order valence-electron chi connectivity index (χ3n) is 5.40. The number of aryl methyl sites for hydroxylation is 1. The number of carbonyl (C=O) groups is 3. The van der Waals surface area contributed by atoms with Gasteiger partial charge in [-0.3, -0.25) is 4.79 Å². The molecule has 4 rings (SSSR count). The number of carbonyl (C=O) groups excluding carboxylic acids is 2. The van der Waals surface area contributed by atoms with Gasteiger partial charge in [0.25, 0.3) is 5.91 Å². The van der Waals surface area contributed by atoms with Crippen LogP contribution in [0, 0.1) is 0 Å². The first-order valence-corrected chi connectivity index (χ1v) is 9.86. The number of fused-ring (bicyclic) bond motifs is 2. The average Bonchev–Trinajstić information content (AvgIpc) is 3.21. The summed E-state index contributed by atoms with van der Waals surface area (Å²) in [7, 11) is 0. The summed E-state index contributed by atoms with van der Waals surface area (Å²) >= 11 is 0. The van der Waals surface area contributed by atoms with Gasteiger partial charge in [0.2, 0.25) is 0 Å². The summed E-state index contributed by atoms with van der Waals surface area (Å²) in [6.45, 7) is 0.652. The van der Waals surface area contributed by atoms with Crippen molar-refractivity contribution < 1.29 is 29.0 Å². The van der Waals surface area contributed by atoms with E-state index in [2.05, 4.69) is 0 Å². The minimum atomic E-state index is -1.03. The SMILES string of the molecule is Nc1ccc2c(c1)CCCOc1c(cccc1C(=O)N1CCC[C@H]1C(=O)O)OC2=O. The van der Waals surface area contributed by atoms with Crippen LogP contribution in [0.2, 0.25) is 0 Å². The number of anilines is 1. The maximum absolute atomic E-state index is 13.1.